The van der Waals surface area contributed by atoms with Crippen LogP contribution in [0.3, 0.4) is 0 Å². The predicted octanol–water partition coefficient (Wildman–Crippen LogP) is 4.03. The SMILES string of the molecule is O=C(NCCNc1nc(-c2ccc(F)cc2)nc2cc(Cl)ccc12)C1CC1. The van der Waals surface area contributed by atoms with Gasteiger partial charge in [-0.1, -0.05) is 11.6 Å². The number of halogens is 2. The van der Waals surface area contributed by atoms with Crippen molar-refractivity contribution in [2.75, 3.05) is 18.4 Å². The van der Waals surface area contributed by atoms with E-state index >= 15 is 0 Å². The topological polar surface area (TPSA) is 66.9 Å². The third-order valence-corrected chi connectivity index (χ3v) is 4.66. The Labute approximate surface area is 161 Å². The first-order valence-electron chi connectivity index (χ1n) is 8.85. The Morgan fingerprint density at radius 3 is 2.63 bits per heavy atom. The Balaban J connectivity index is 1.58. The van der Waals surface area contributed by atoms with Gasteiger partial charge in [0, 0.05) is 35.0 Å². The molecule has 1 aliphatic rings. The highest BCUT2D eigenvalue weighted by atomic mass is 35.5. The Hall–Kier alpha value is -2.73. The number of carbonyl (C=O) groups excluding carboxylic acids is 1. The van der Waals surface area contributed by atoms with E-state index in [4.69, 9.17) is 11.6 Å². The van der Waals surface area contributed by atoms with Gasteiger partial charge in [0.1, 0.15) is 11.6 Å². The van der Waals surface area contributed by atoms with Crippen molar-refractivity contribution in [3.05, 3.63) is 53.3 Å². The zero-order chi connectivity index (χ0) is 18.8. The van der Waals surface area contributed by atoms with E-state index in [0.717, 1.165) is 18.2 Å². The Morgan fingerprint density at radius 2 is 1.89 bits per heavy atom. The van der Waals surface area contributed by atoms with Crippen LogP contribution in [-0.4, -0.2) is 29.0 Å². The van der Waals surface area contributed by atoms with Gasteiger partial charge in [0.2, 0.25) is 5.91 Å². The summed E-state index contributed by atoms with van der Waals surface area (Å²) in [6, 6.07) is 11.4. The van der Waals surface area contributed by atoms with Crippen LogP contribution in [0.15, 0.2) is 42.5 Å². The highest BCUT2D eigenvalue weighted by Gasteiger charge is 2.28. The number of amides is 1. The van der Waals surface area contributed by atoms with Gasteiger partial charge in [-0.05, 0) is 55.3 Å². The second kappa shape index (κ2) is 7.48. The standard InChI is InChI=1S/C20H18ClFN4O/c21-14-5-8-16-17(11-14)25-18(12-3-6-15(22)7-4-12)26-19(16)23-9-10-24-20(27)13-1-2-13/h3-8,11,13H,1-2,9-10H2,(H,24,27)(H,23,25,26). The normalized spacial score (nSPS) is 13.6. The molecule has 2 N–H and O–H groups in total. The van der Waals surface area contributed by atoms with Crippen LogP contribution in [-0.2, 0) is 4.79 Å². The molecule has 0 unspecified atom stereocenters. The summed E-state index contributed by atoms with van der Waals surface area (Å²) >= 11 is 6.11. The van der Waals surface area contributed by atoms with Crippen LogP contribution < -0.4 is 10.6 Å². The minimum atomic E-state index is -0.313. The molecule has 2 aromatic carbocycles. The number of carbonyl (C=O) groups is 1. The van der Waals surface area contributed by atoms with E-state index in [2.05, 4.69) is 20.6 Å². The average Bonchev–Trinajstić information content (AvgIpc) is 3.50. The van der Waals surface area contributed by atoms with Crippen LogP contribution >= 0.6 is 11.6 Å². The van der Waals surface area contributed by atoms with Crippen molar-refractivity contribution in [1.29, 1.82) is 0 Å². The average molecular weight is 385 g/mol. The molecule has 0 atom stereocenters. The van der Waals surface area contributed by atoms with E-state index in [1.54, 1.807) is 24.3 Å². The van der Waals surface area contributed by atoms with Crippen molar-refractivity contribution >= 4 is 34.2 Å². The summed E-state index contributed by atoms with van der Waals surface area (Å²) < 4.78 is 13.2. The lowest BCUT2D eigenvalue weighted by Crippen LogP contribution is -2.30. The molecule has 3 aromatic rings. The third kappa shape index (κ3) is 4.17. The monoisotopic (exact) mass is 384 g/mol. The van der Waals surface area contributed by atoms with Gasteiger partial charge in [-0.25, -0.2) is 14.4 Å². The van der Waals surface area contributed by atoms with Crippen molar-refractivity contribution < 1.29 is 9.18 Å². The summed E-state index contributed by atoms with van der Waals surface area (Å²) in [5, 5.41) is 7.59. The quantitative estimate of drug-likeness (QED) is 0.630. The van der Waals surface area contributed by atoms with Gasteiger partial charge in [0.15, 0.2) is 5.82 Å². The summed E-state index contributed by atoms with van der Waals surface area (Å²) in [5.74, 6) is 1.12. The van der Waals surface area contributed by atoms with Crippen LogP contribution in [0.5, 0.6) is 0 Å². The Bertz CT molecular complexity index is 989. The minimum Gasteiger partial charge on any atom is -0.368 e. The Morgan fingerprint density at radius 1 is 1.11 bits per heavy atom. The van der Waals surface area contributed by atoms with Gasteiger partial charge in [0.05, 0.1) is 5.52 Å². The molecular weight excluding hydrogens is 367 g/mol. The van der Waals surface area contributed by atoms with Crippen LogP contribution in [0.1, 0.15) is 12.8 Å². The number of aromatic nitrogens is 2. The molecule has 0 spiro atoms. The van der Waals surface area contributed by atoms with Gasteiger partial charge in [-0.15, -0.1) is 0 Å². The fourth-order valence-electron chi connectivity index (χ4n) is 2.82. The first kappa shape index (κ1) is 17.7. The lowest BCUT2D eigenvalue weighted by molar-refractivity contribution is -0.122. The molecule has 1 saturated carbocycles. The van der Waals surface area contributed by atoms with Crippen molar-refractivity contribution in [2.24, 2.45) is 5.92 Å². The molecule has 0 saturated heterocycles. The molecular formula is C20H18ClFN4O. The van der Waals surface area contributed by atoms with Gasteiger partial charge in [-0.2, -0.15) is 0 Å². The number of nitrogens with zero attached hydrogens (tertiary/aromatic N) is 2. The largest absolute Gasteiger partial charge is 0.368 e. The van der Waals surface area contributed by atoms with Crippen LogP contribution in [0.2, 0.25) is 5.02 Å². The summed E-state index contributed by atoms with van der Waals surface area (Å²) in [6.07, 6.45) is 1.97. The molecule has 1 amide bonds. The van der Waals surface area contributed by atoms with E-state index < -0.39 is 0 Å². The molecule has 0 aliphatic heterocycles. The first-order chi connectivity index (χ1) is 13.1. The van der Waals surface area contributed by atoms with Crippen molar-refractivity contribution in [1.82, 2.24) is 15.3 Å². The molecule has 1 aromatic heterocycles. The summed E-state index contributed by atoms with van der Waals surface area (Å²) in [4.78, 5) is 20.9. The number of anilines is 1. The maximum atomic E-state index is 13.2. The van der Waals surface area contributed by atoms with E-state index in [1.165, 1.54) is 12.1 Å². The zero-order valence-corrected chi connectivity index (χ0v) is 15.3. The lowest BCUT2D eigenvalue weighted by atomic mass is 10.2. The van der Waals surface area contributed by atoms with Crippen LogP contribution in [0.25, 0.3) is 22.3 Å². The number of hydrogen-bond donors (Lipinski definition) is 2. The summed E-state index contributed by atoms with van der Waals surface area (Å²) in [5.41, 5.74) is 1.41. The highest BCUT2D eigenvalue weighted by molar-refractivity contribution is 6.31. The molecule has 138 valence electrons. The maximum Gasteiger partial charge on any atom is 0.223 e. The lowest BCUT2D eigenvalue weighted by Gasteiger charge is -2.12. The fraction of sp³-hybridized carbons (Fsp3) is 0.250. The van der Waals surface area contributed by atoms with Gasteiger partial charge in [0.25, 0.3) is 0 Å². The Kier molecular flexibility index (Phi) is 4.90. The maximum absolute atomic E-state index is 13.2. The summed E-state index contributed by atoms with van der Waals surface area (Å²) in [7, 11) is 0. The number of fused-ring (bicyclic) bond motifs is 1. The summed E-state index contributed by atoms with van der Waals surface area (Å²) in [6.45, 7) is 1.05. The van der Waals surface area contributed by atoms with Gasteiger partial charge >= 0.3 is 0 Å². The first-order valence-corrected chi connectivity index (χ1v) is 9.23. The van der Waals surface area contributed by atoms with E-state index in [-0.39, 0.29) is 17.6 Å². The predicted molar refractivity (Wildman–Crippen MR) is 104 cm³/mol. The minimum absolute atomic E-state index is 0.114. The van der Waals surface area contributed by atoms with Gasteiger partial charge in [-0.3, -0.25) is 4.79 Å². The molecule has 7 heteroatoms. The third-order valence-electron chi connectivity index (χ3n) is 4.43. The number of hydrogen-bond acceptors (Lipinski definition) is 4. The molecule has 4 rings (SSSR count). The molecule has 27 heavy (non-hydrogen) atoms. The van der Waals surface area contributed by atoms with Crippen molar-refractivity contribution in [3.63, 3.8) is 0 Å². The molecule has 1 fully saturated rings. The molecule has 0 radical (unpaired) electrons. The molecule has 0 bridgehead atoms. The van der Waals surface area contributed by atoms with E-state index in [1.807, 2.05) is 6.07 Å². The zero-order valence-electron chi connectivity index (χ0n) is 14.5. The highest BCUT2D eigenvalue weighted by Crippen LogP contribution is 2.29. The number of nitrogens with one attached hydrogen (secondary N) is 2. The van der Waals surface area contributed by atoms with Crippen LogP contribution in [0, 0.1) is 11.7 Å². The molecule has 5 nitrogen and oxygen atoms in total. The fourth-order valence-corrected chi connectivity index (χ4v) is 2.99. The second-order valence-corrected chi connectivity index (χ2v) is 6.99. The van der Waals surface area contributed by atoms with Crippen LogP contribution in [0.4, 0.5) is 10.2 Å². The smallest absolute Gasteiger partial charge is 0.223 e. The molecule has 1 heterocycles. The van der Waals surface area contributed by atoms with E-state index in [0.29, 0.717) is 40.8 Å². The van der Waals surface area contributed by atoms with Gasteiger partial charge < -0.3 is 10.6 Å². The van der Waals surface area contributed by atoms with Crippen molar-refractivity contribution in [3.8, 4) is 11.4 Å². The van der Waals surface area contributed by atoms with Crippen molar-refractivity contribution in [2.45, 2.75) is 12.8 Å². The number of rotatable bonds is 6. The number of benzene rings is 2. The molecule has 1 aliphatic carbocycles. The van der Waals surface area contributed by atoms with E-state index in [9.17, 15) is 9.18 Å². The second-order valence-electron chi connectivity index (χ2n) is 6.56.